The highest BCUT2D eigenvalue weighted by Crippen LogP contribution is 2.21. The van der Waals surface area contributed by atoms with E-state index in [1.807, 2.05) is 54.6 Å². The lowest BCUT2D eigenvalue weighted by molar-refractivity contribution is -0.128. The van der Waals surface area contributed by atoms with Crippen molar-refractivity contribution in [3.8, 4) is 0 Å². The van der Waals surface area contributed by atoms with E-state index in [-0.39, 0.29) is 24.2 Å². The number of pyridine rings is 1. The summed E-state index contributed by atoms with van der Waals surface area (Å²) in [6.07, 6.45) is 5.48. The molecule has 30 heavy (non-hydrogen) atoms. The van der Waals surface area contributed by atoms with Crippen LogP contribution in [0.3, 0.4) is 0 Å². The molecule has 1 saturated heterocycles. The van der Waals surface area contributed by atoms with Crippen LogP contribution in [0.2, 0.25) is 0 Å². The number of amides is 2. The average molecular weight is 399 g/mol. The largest absolute Gasteiger partial charge is 0.342 e. The number of rotatable bonds is 7. The molecule has 2 amide bonds. The van der Waals surface area contributed by atoms with Crippen molar-refractivity contribution >= 4 is 17.5 Å². The molecule has 4 rings (SSSR count). The fourth-order valence-electron chi connectivity index (χ4n) is 3.76. The first-order valence-corrected chi connectivity index (χ1v) is 10.3. The van der Waals surface area contributed by atoms with E-state index in [0.717, 1.165) is 18.5 Å². The van der Waals surface area contributed by atoms with Crippen molar-refractivity contribution in [2.24, 2.45) is 5.92 Å². The monoisotopic (exact) mass is 399 g/mol. The normalized spacial score (nSPS) is 15.9. The zero-order valence-corrected chi connectivity index (χ0v) is 16.8. The van der Waals surface area contributed by atoms with Crippen molar-refractivity contribution in [2.45, 2.75) is 19.3 Å². The molecular formula is C25H25N3O2. The number of carbonyl (C=O) groups is 2. The van der Waals surface area contributed by atoms with Crippen LogP contribution in [0, 0.1) is 5.92 Å². The van der Waals surface area contributed by atoms with Crippen LogP contribution in [-0.2, 0) is 22.4 Å². The van der Waals surface area contributed by atoms with Gasteiger partial charge in [0.15, 0.2) is 0 Å². The Morgan fingerprint density at radius 2 is 1.63 bits per heavy atom. The Labute approximate surface area is 176 Å². The van der Waals surface area contributed by atoms with Crippen molar-refractivity contribution in [3.63, 3.8) is 0 Å². The molecule has 1 aliphatic heterocycles. The minimum absolute atomic E-state index is 0.0544. The third-order valence-corrected chi connectivity index (χ3v) is 5.48. The zero-order valence-electron chi connectivity index (χ0n) is 16.8. The highest BCUT2D eigenvalue weighted by molar-refractivity contribution is 5.97. The first-order valence-electron chi connectivity index (χ1n) is 10.3. The highest BCUT2D eigenvalue weighted by atomic mass is 16.2. The van der Waals surface area contributed by atoms with E-state index in [9.17, 15) is 9.59 Å². The van der Waals surface area contributed by atoms with Crippen LogP contribution >= 0.6 is 0 Å². The number of aromatic nitrogens is 1. The summed E-state index contributed by atoms with van der Waals surface area (Å²) >= 11 is 0. The average Bonchev–Trinajstić information content (AvgIpc) is 3.16. The molecule has 0 saturated carbocycles. The number of likely N-dealkylation sites (tertiary alicyclic amines) is 1. The second kappa shape index (κ2) is 9.35. The molecule has 2 aromatic carbocycles. The quantitative estimate of drug-likeness (QED) is 0.659. The number of nitrogens with zero attached hydrogens (tertiary/aromatic N) is 2. The second-order valence-electron chi connectivity index (χ2n) is 7.69. The molecule has 1 N–H and O–H groups in total. The van der Waals surface area contributed by atoms with Crippen LogP contribution < -0.4 is 5.32 Å². The van der Waals surface area contributed by atoms with Crippen LogP contribution in [0.1, 0.15) is 23.1 Å². The lowest BCUT2D eigenvalue weighted by Crippen LogP contribution is -2.30. The molecule has 1 aromatic heterocycles. The fraction of sp³-hybridized carbons (Fsp3) is 0.240. The lowest BCUT2D eigenvalue weighted by atomic mass is 10.1. The number of carbonyl (C=O) groups excluding carboxylic acids is 2. The first-order chi connectivity index (χ1) is 14.7. The second-order valence-corrected chi connectivity index (χ2v) is 7.69. The third kappa shape index (κ3) is 5.11. The van der Waals surface area contributed by atoms with Crippen LogP contribution in [0.25, 0.3) is 0 Å². The summed E-state index contributed by atoms with van der Waals surface area (Å²) in [5.41, 5.74) is 4.32. The van der Waals surface area contributed by atoms with Gasteiger partial charge in [0, 0.05) is 37.6 Å². The summed E-state index contributed by atoms with van der Waals surface area (Å²) in [4.78, 5) is 30.8. The molecule has 0 radical (unpaired) electrons. The van der Waals surface area contributed by atoms with Gasteiger partial charge in [0.05, 0.1) is 5.92 Å². The molecule has 1 aliphatic rings. The molecule has 1 unspecified atom stereocenters. The van der Waals surface area contributed by atoms with E-state index in [1.165, 1.54) is 16.7 Å². The van der Waals surface area contributed by atoms with Gasteiger partial charge in [-0.3, -0.25) is 14.6 Å². The molecule has 1 atom stereocenters. The summed E-state index contributed by atoms with van der Waals surface area (Å²) in [6.45, 7) is 1.13. The van der Waals surface area contributed by atoms with Gasteiger partial charge in [0.25, 0.3) is 0 Å². The molecule has 152 valence electrons. The van der Waals surface area contributed by atoms with Gasteiger partial charge in [-0.25, -0.2) is 0 Å². The summed E-state index contributed by atoms with van der Waals surface area (Å²) in [5.74, 6) is -0.337. The van der Waals surface area contributed by atoms with E-state index < -0.39 is 0 Å². The van der Waals surface area contributed by atoms with E-state index in [1.54, 1.807) is 17.3 Å². The summed E-state index contributed by atoms with van der Waals surface area (Å²) < 4.78 is 0. The fourth-order valence-corrected chi connectivity index (χ4v) is 3.76. The Morgan fingerprint density at radius 1 is 0.933 bits per heavy atom. The minimum atomic E-state index is -0.301. The van der Waals surface area contributed by atoms with Crippen molar-refractivity contribution in [3.05, 3.63) is 95.8 Å². The SMILES string of the molecule is O=C(Nc1ccc(Cc2ccncc2)cc1)C1CC(=O)N(CCc2ccccc2)C1. The Morgan fingerprint density at radius 3 is 2.37 bits per heavy atom. The smallest absolute Gasteiger partial charge is 0.229 e. The Bertz CT molecular complexity index is 988. The number of hydrogen-bond donors (Lipinski definition) is 1. The van der Waals surface area contributed by atoms with E-state index in [4.69, 9.17) is 0 Å². The van der Waals surface area contributed by atoms with Gasteiger partial charge in [0.2, 0.25) is 11.8 Å². The molecule has 0 spiro atoms. The Hall–Kier alpha value is -3.47. The topological polar surface area (TPSA) is 62.3 Å². The lowest BCUT2D eigenvalue weighted by Gasteiger charge is -2.16. The number of anilines is 1. The molecule has 3 aromatic rings. The molecular weight excluding hydrogens is 374 g/mol. The van der Waals surface area contributed by atoms with Gasteiger partial charge in [-0.2, -0.15) is 0 Å². The summed E-state index contributed by atoms with van der Waals surface area (Å²) in [7, 11) is 0. The zero-order chi connectivity index (χ0) is 20.8. The van der Waals surface area contributed by atoms with Gasteiger partial charge >= 0.3 is 0 Å². The van der Waals surface area contributed by atoms with Crippen LogP contribution in [0.15, 0.2) is 79.1 Å². The highest BCUT2D eigenvalue weighted by Gasteiger charge is 2.33. The van der Waals surface area contributed by atoms with Gasteiger partial charge in [-0.15, -0.1) is 0 Å². The maximum atomic E-state index is 12.7. The van der Waals surface area contributed by atoms with Gasteiger partial charge < -0.3 is 10.2 Å². The van der Waals surface area contributed by atoms with E-state index in [0.29, 0.717) is 13.1 Å². The Kier molecular flexibility index (Phi) is 6.18. The standard InChI is InChI=1S/C25H25N3O2/c29-24-17-22(18-28(24)15-12-19-4-2-1-3-5-19)25(30)27-23-8-6-20(7-9-23)16-21-10-13-26-14-11-21/h1-11,13-14,22H,12,15-18H2,(H,27,30). The maximum absolute atomic E-state index is 12.7. The van der Waals surface area contributed by atoms with Crippen LogP contribution in [0.5, 0.6) is 0 Å². The number of hydrogen-bond acceptors (Lipinski definition) is 3. The molecule has 0 aliphatic carbocycles. The molecule has 0 bridgehead atoms. The minimum Gasteiger partial charge on any atom is -0.342 e. The van der Waals surface area contributed by atoms with Gasteiger partial charge in [-0.1, -0.05) is 42.5 Å². The number of benzene rings is 2. The molecule has 5 nitrogen and oxygen atoms in total. The predicted octanol–water partition coefficient (Wildman–Crippen LogP) is 3.70. The maximum Gasteiger partial charge on any atom is 0.229 e. The van der Waals surface area contributed by atoms with Crippen molar-refractivity contribution in [1.82, 2.24) is 9.88 Å². The van der Waals surface area contributed by atoms with Crippen molar-refractivity contribution in [1.29, 1.82) is 0 Å². The molecule has 5 heteroatoms. The summed E-state index contributed by atoms with van der Waals surface area (Å²) in [5, 5.41) is 2.96. The van der Waals surface area contributed by atoms with Crippen molar-refractivity contribution in [2.75, 3.05) is 18.4 Å². The first kappa shape index (κ1) is 19.8. The third-order valence-electron chi connectivity index (χ3n) is 5.48. The van der Waals surface area contributed by atoms with Crippen LogP contribution in [0.4, 0.5) is 5.69 Å². The number of nitrogens with one attached hydrogen (secondary N) is 1. The van der Waals surface area contributed by atoms with Crippen LogP contribution in [-0.4, -0.2) is 34.8 Å². The Balaban J connectivity index is 1.29. The van der Waals surface area contributed by atoms with Gasteiger partial charge in [-0.05, 0) is 53.8 Å². The van der Waals surface area contributed by atoms with E-state index >= 15 is 0 Å². The van der Waals surface area contributed by atoms with Gasteiger partial charge in [0.1, 0.15) is 0 Å². The van der Waals surface area contributed by atoms with E-state index in [2.05, 4.69) is 22.4 Å². The van der Waals surface area contributed by atoms with Crippen molar-refractivity contribution < 1.29 is 9.59 Å². The molecule has 2 heterocycles. The summed E-state index contributed by atoms with van der Waals surface area (Å²) in [6, 6.07) is 22.0. The molecule has 1 fully saturated rings. The predicted molar refractivity (Wildman–Crippen MR) is 117 cm³/mol.